The van der Waals surface area contributed by atoms with Crippen molar-refractivity contribution in [1.82, 2.24) is 10.2 Å². The van der Waals surface area contributed by atoms with Crippen LogP contribution in [0.2, 0.25) is 0 Å². The van der Waals surface area contributed by atoms with E-state index in [0.717, 1.165) is 5.56 Å². The van der Waals surface area contributed by atoms with Crippen LogP contribution in [0.15, 0.2) is 30.3 Å². The number of hydrogen-bond acceptors (Lipinski definition) is 6. The average Bonchev–Trinajstić information content (AvgIpc) is 3.02. The van der Waals surface area contributed by atoms with Gasteiger partial charge in [0, 0.05) is 6.54 Å². The average molecular weight is 421 g/mol. The van der Waals surface area contributed by atoms with Gasteiger partial charge in [-0.2, -0.15) is 0 Å². The monoisotopic (exact) mass is 420 g/mol. The molecule has 1 N–H and O–H groups in total. The van der Waals surface area contributed by atoms with Gasteiger partial charge in [-0.3, -0.25) is 4.90 Å². The van der Waals surface area contributed by atoms with Crippen molar-refractivity contribution >= 4 is 18.2 Å². The summed E-state index contributed by atoms with van der Waals surface area (Å²) in [5, 5.41) is 2.70. The fourth-order valence-corrected chi connectivity index (χ4v) is 3.04. The lowest BCUT2D eigenvalue weighted by Gasteiger charge is -2.31. The molecule has 0 unspecified atom stereocenters. The highest BCUT2D eigenvalue weighted by molar-refractivity contribution is 5.84. The zero-order valence-electron chi connectivity index (χ0n) is 18.6. The topological polar surface area (TPSA) is 94.2 Å². The molecular formula is C22H32N2O6. The predicted molar refractivity (Wildman–Crippen MR) is 111 cm³/mol. The van der Waals surface area contributed by atoms with Crippen LogP contribution in [0.5, 0.6) is 0 Å². The Morgan fingerprint density at radius 2 is 1.60 bits per heavy atom. The SMILES string of the molecule is CC(C)(C)OC(=O)[C@H]1[C@@H](NC(=O)OCc2ccccc2)CCN1C(=O)OC(C)(C)C. The van der Waals surface area contributed by atoms with E-state index < -0.39 is 41.4 Å². The second kappa shape index (κ2) is 9.36. The van der Waals surface area contributed by atoms with Crippen LogP contribution in [0.1, 0.15) is 53.5 Å². The molecule has 0 saturated carbocycles. The molecule has 30 heavy (non-hydrogen) atoms. The number of amides is 2. The summed E-state index contributed by atoms with van der Waals surface area (Å²) in [4.78, 5) is 39.1. The molecule has 0 aliphatic carbocycles. The largest absolute Gasteiger partial charge is 0.458 e. The maximum atomic E-state index is 12.8. The van der Waals surface area contributed by atoms with E-state index in [1.165, 1.54) is 4.90 Å². The van der Waals surface area contributed by atoms with Crippen LogP contribution < -0.4 is 5.32 Å². The van der Waals surface area contributed by atoms with Crippen molar-refractivity contribution in [3.63, 3.8) is 0 Å². The van der Waals surface area contributed by atoms with Crippen LogP contribution in [0.25, 0.3) is 0 Å². The van der Waals surface area contributed by atoms with Crippen LogP contribution in [0, 0.1) is 0 Å². The Balaban J connectivity index is 2.08. The predicted octanol–water partition coefficient (Wildman–Crippen LogP) is 3.63. The van der Waals surface area contributed by atoms with Gasteiger partial charge in [-0.1, -0.05) is 30.3 Å². The molecule has 2 rings (SSSR count). The van der Waals surface area contributed by atoms with E-state index >= 15 is 0 Å². The highest BCUT2D eigenvalue weighted by atomic mass is 16.6. The molecule has 2 amide bonds. The van der Waals surface area contributed by atoms with Crippen LogP contribution >= 0.6 is 0 Å². The van der Waals surface area contributed by atoms with Crippen molar-refractivity contribution in [2.24, 2.45) is 0 Å². The lowest BCUT2D eigenvalue weighted by molar-refractivity contribution is -0.160. The quantitative estimate of drug-likeness (QED) is 0.590. The third-order valence-electron chi connectivity index (χ3n) is 4.19. The maximum absolute atomic E-state index is 12.8. The van der Waals surface area contributed by atoms with E-state index in [0.29, 0.717) is 6.42 Å². The van der Waals surface area contributed by atoms with E-state index in [9.17, 15) is 14.4 Å². The molecule has 0 bridgehead atoms. The second-order valence-corrected chi connectivity index (χ2v) is 9.25. The molecule has 1 aromatic carbocycles. The smallest absolute Gasteiger partial charge is 0.411 e. The van der Waals surface area contributed by atoms with Gasteiger partial charge in [0.05, 0.1) is 6.04 Å². The molecule has 1 fully saturated rings. The van der Waals surface area contributed by atoms with Crippen molar-refractivity contribution in [2.75, 3.05) is 6.54 Å². The van der Waals surface area contributed by atoms with Crippen molar-refractivity contribution in [3.8, 4) is 0 Å². The number of nitrogens with one attached hydrogen (secondary N) is 1. The summed E-state index contributed by atoms with van der Waals surface area (Å²) >= 11 is 0. The Hall–Kier alpha value is -2.77. The molecule has 1 saturated heterocycles. The van der Waals surface area contributed by atoms with Gasteiger partial charge in [0.1, 0.15) is 17.8 Å². The summed E-state index contributed by atoms with van der Waals surface area (Å²) in [6, 6.07) is 7.63. The van der Waals surface area contributed by atoms with Crippen molar-refractivity contribution in [3.05, 3.63) is 35.9 Å². The van der Waals surface area contributed by atoms with Gasteiger partial charge in [-0.05, 0) is 53.5 Å². The number of ether oxygens (including phenoxy) is 3. The molecule has 0 spiro atoms. The van der Waals surface area contributed by atoms with Crippen LogP contribution in [0.4, 0.5) is 9.59 Å². The minimum atomic E-state index is -0.997. The Kier molecular flexibility index (Phi) is 7.34. The number of rotatable bonds is 4. The van der Waals surface area contributed by atoms with Gasteiger partial charge in [0.25, 0.3) is 0 Å². The minimum absolute atomic E-state index is 0.103. The standard InChI is InChI=1S/C22H32N2O6/c1-21(2,3)29-18(25)17-16(12-13-24(17)20(27)30-22(4,5)6)23-19(26)28-14-15-10-8-7-9-11-15/h7-11,16-17H,12-14H2,1-6H3,(H,23,26)/t16-,17+/m0/s1. The number of nitrogens with zero attached hydrogens (tertiary/aromatic N) is 1. The number of alkyl carbamates (subject to hydrolysis) is 1. The highest BCUT2D eigenvalue weighted by Gasteiger charge is 2.46. The first-order chi connectivity index (χ1) is 13.9. The molecule has 8 heteroatoms. The van der Waals surface area contributed by atoms with E-state index in [2.05, 4.69) is 5.32 Å². The Bertz CT molecular complexity index is 751. The van der Waals surface area contributed by atoms with Crippen molar-refractivity contribution in [1.29, 1.82) is 0 Å². The fourth-order valence-electron chi connectivity index (χ4n) is 3.04. The second-order valence-electron chi connectivity index (χ2n) is 9.25. The van der Waals surface area contributed by atoms with Crippen LogP contribution in [-0.2, 0) is 25.6 Å². The molecule has 166 valence electrons. The molecule has 1 aromatic rings. The summed E-state index contributed by atoms with van der Waals surface area (Å²) in [6.07, 6.45) is -0.910. The molecule has 1 aliphatic rings. The van der Waals surface area contributed by atoms with Gasteiger partial charge in [0.15, 0.2) is 6.04 Å². The first-order valence-corrected chi connectivity index (χ1v) is 10.1. The Morgan fingerprint density at radius 3 is 2.17 bits per heavy atom. The molecule has 0 aromatic heterocycles. The van der Waals surface area contributed by atoms with E-state index in [1.807, 2.05) is 30.3 Å². The molecule has 0 radical (unpaired) electrons. The third kappa shape index (κ3) is 7.24. The summed E-state index contributed by atoms with van der Waals surface area (Å²) in [5.74, 6) is -0.598. The summed E-state index contributed by atoms with van der Waals surface area (Å²) in [7, 11) is 0. The van der Waals surface area contributed by atoms with Gasteiger partial charge in [-0.15, -0.1) is 0 Å². The van der Waals surface area contributed by atoms with Crippen LogP contribution in [-0.4, -0.2) is 52.9 Å². The molecular weight excluding hydrogens is 388 g/mol. The zero-order chi connectivity index (χ0) is 22.5. The summed E-state index contributed by atoms with van der Waals surface area (Å²) in [5.41, 5.74) is -0.606. The van der Waals surface area contributed by atoms with E-state index in [-0.39, 0.29) is 13.2 Å². The van der Waals surface area contributed by atoms with Gasteiger partial charge in [0.2, 0.25) is 0 Å². The molecule has 2 atom stereocenters. The van der Waals surface area contributed by atoms with E-state index in [4.69, 9.17) is 14.2 Å². The third-order valence-corrected chi connectivity index (χ3v) is 4.19. The molecule has 8 nitrogen and oxygen atoms in total. The minimum Gasteiger partial charge on any atom is -0.458 e. The lowest BCUT2D eigenvalue weighted by atomic mass is 10.1. The number of esters is 1. The number of carbonyl (C=O) groups excluding carboxylic acids is 3. The van der Waals surface area contributed by atoms with Gasteiger partial charge < -0.3 is 19.5 Å². The first kappa shape index (κ1) is 23.5. The number of benzene rings is 1. The maximum Gasteiger partial charge on any atom is 0.411 e. The normalized spacial score (nSPS) is 19.2. The van der Waals surface area contributed by atoms with Crippen molar-refractivity contribution < 1.29 is 28.6 Å². The fraction of sp³-hybridized carbons (Fsp3) is 0.591. The molecule has 1 aliphatic heterocycles. The van der Waals surface area contributed by atoms with Crippen LogP contribution in [0.3, 0.4) is 0 Å². The van der Waals surface area contributed by atoms with Gasteiger partial charge in [-0.25, -0.2) is 14.4 Å². The number of hydrogen-bond donors (Lipinski definition) is 1. The Morgan fingerprint density at radius 1 is 1.00 bits per heavy atom. The summed E-state index contributed by atoms with van der Waals surface area (Å²) in [6.45, 7) is 10.8. The molecule has 1 heterocycles. The Labute approximate surface area is 177 Å². The van der Waals surface area contributed by atoms with Gasteiger partial charge >= 0.3 is 18.2 Å². The first-order valence-electron chi connectivity index (χ1n) is 10.1. The number of likely N-dealkylation sites (tertiary alicyclic amines) is 1. The summed E-state index contributed by atoms with van der Waals surface area (Å²) < 4.78 is 16.2. The number of carbonyl (C=O) groups is 3. The van der Waals surface area contributed by atoms with Crippen molar-refractivity contribution in [2.45, 2.75) is 77.9 Å². The highest BCUT2D eigenvalue weighted by Crippen LogP contribution is 2.24. The lowest BCUT2D eigenvalue weighted by Crippen LogP contribution is -2.53. The zero-order valence-corrected chi connectivity index (χ0v) is 18.6. The van der Waals surface area contributed by atoms with E-state index in [1.54, 1.807) is 41.5 Å².